The molecular weight excluding hydrogens is 454 g/mol. The lowest BCUT2D eigenvalue weighted by atomic mass is 10.2. The number of halogens is 1. The molecule has 0 unspecified atom stereocenters. The summed E-state index contributed by atoms with van der Waals surface area (Å²) in [6.45, 7) is 2.64. The van der Waals surface area contributed by atoms with Gasteiger partial charge in [0.15, 0.2) is 6.61 Å². The molecule has 0 saturated carbocycles. The molecule has 4 aromatic rings. The molecule has 0 atom stereocenters. The lowest BCUT2D eigenvalue weighted by Gasteiger charge is -2.07. The summed E-state index contributed by atoms with van der Waals surface area (Å²) in [7, 11) is 0. The van der Waals surface area contributed by atoms with E-state index in [1.165, 1.54) is 5.56 Å². The average molecular weight is 476 g/mol. The van der Waals surface area contributed by atoms with E-state index in [0.29, 0.717) is 5.75 Å². The van der Waals surface area contributed by atoms with Gasteiger partial charge in [0, 0.05) is 29.2 Å². The van der Waals surface area contributed by atoms with Gasteiger partial charge in [0.05, 0.1) is 10.7 Å². The van der Waals surface area contributed by atoms with Crippen LogP contribution in [0.2, 0.25) is 0 Å². The summed E-state index contributed by atoms with van der Waals surface area (Å²) in [5.41, 5.74) is 6.93. The summed E-state index contributed by atoms with van der Waals surface area (Å²) in [6.07, 6.45) is 3.72. The van der Waals surface area contributed by atoms with Crippen molar-refractivity contribution in [1.29, 1.82) is 0 Å². The number of nitrogens with zero attached hydrogens (tertiary/aromatic N) is 2. The second kappa shape index (κ2) is 9.62. The van der Waals surface area contributed by atoms with E-state index in [1.807, 2.05) is 61.7 Å². The van der Waals surface area contributed by atoms with Crippen molar-refractivity contribution in [2.45, 2.75) is 13.5 Å². The molecule has 1 amide bonds. The average Bonchev–Trinajstić information content (AvgIpc) is 3.11. The smallest absolute Gasteiger partial charge is 0.277 e. The number of benzene rings is 3. The van der Waals surface area contributed by atoms with Crippen LogP contribution in [0.3, 0.4) is 0 Å². The number of aromatic nitrogens is 1. The summed E-state index contributed by atoms with van der Waals surface area (Å²) in [6, 6.07) is 24.2. The molecule has 0 aliphatic carbocycles. The van der Waals surface area contributed by atoms with Crippen LogP contribution in [0.1, 0.15) is 16.7 Å². The van der Waals surface area contributed by atoms with E-state index in [-0.39, 0.29) is 12.5 Å². The monoisotopic (exact) mass is 475 g/mol. The van der Waals surface area contributed by atoms with Crippen LogP contribution >= 0.6 is 15.9 Å². The first-order valence-electron chi connectivity index (χ1n) is 9.93. The Balaban J connectivity index is 1.42. The van der Waals surface area contributed by atoms with Crippen LogP contribution in [0.25, 0.3) is 10.9 Å². The molecule has 6 heteroatoms. The first kappa shape index (κ1) is 20.9. The molecule has 0 radical (unpaired) electrons. The largest absolute Gasteiger partial charge is 0.483 e. The first-order chi connectivity index (χ1) is 15.1. The normalized spacial score (nSPS) is 11.2. The summed E-state index contributed by atoms with van der Waals surface area (Å²) < 4.78 is 8.56. The molecule has 0 bridgehead atoms. The molecule has 4 rings (SSSR count). The molecule has 0 fully saturated rings. The van der Waals surface area contributed by atoms with Crippen molar-refractivity contribution >= 4 is 39.0 Å². The SMILES string of the molecule is Cc1ccc(OCC(=O)N/N=C/c2cn(Cc3ccccc3)c3ccccc23)c(Br)c1. The minimum absolute atomic E-state index is 0.116. The third-order valence-electron chi connectivity index (χ3n) is 4.85. The summed E-state index contributed by atoms with van der Waals surface area (Å²) in [5.74, 6) is 0.297. The van der Waals surface area contributed by atoms with E-state index in [4.69, 9.17) is 4.74 Å². The van der Waals surface area contributed by atoms with Crippen molar-refractivity contribution in [3.8, 4) is 5.75 Å². The summed E-state index contributed by atoms with van der Waals surface area (Å²) >= 11 is 3.44. The van der Waals surface area contributed by atoms with E-state index in [0.717, 1.165) is 33.0 Å². The molecule has 31 heavy (non-hydrogen) atoms. The lowest BCUT2D eigenvalue weighted by molar-refractivity contribution is -0.123. The second-order valence-electron chi connectivity index (χ2n) is 7.23. The number of fused-ring (bicyclic) bond motifs is 1. The van der Waals surface area contributed by atoms with Gasteiger partial charge >= 0.3 is 0 Å². The molecule has 1 N–H and O–H groups in total. The van der Waals surface area contributed by atoms with Gasteiger partial charge in [-0.3, -0.25) is 4.79 Å². The van der Waals surface area contributed by atoms with Crippen molar-refractivity contribution in [3.05, 3.63) is 100 Å². The number of hydrogen-bond donors (Lipinski definition) is 1. The maximum Gasteiger partial charge on any atom is 0.277 e. The number of rotatable bonds is 7. The van der Waals surface area contributed by atoms with Crippen LogP contribution < -0.4 is 10.2 Å². The second-order valence-corrected chi connectivity index (χ2v) is 8.09. The third kappa shape index (κ3) is 5.22. The fraction of sp³-hybridized carbons (Fsp3) is 0.120. The van der Waals surface area contributed by atoms with Gasteiger partial charge in [-0.05, 0) is 52.2 Å². The van der Waals surface area contributed by atoms with Crippen molar-refractivity contribution in [2.75, 3.05) is 6.61 Å². The van der Waals surface area contributed by atoms with Crippen molar-refractivity contribution in [2.24, 2.45) is 5.10 Å². The molecule has 0 spiro atoms. The molecule has 156 valence electrons. The van der Waals surface area contributed by atoms with Gasteiger partial charge < -0.3 is 9.30 Å². The molecule has 3 aromatic carbocycles. The van der Waals surface area contributed by atoms with E-state index in [9.17, 15) is 4.79 Å². The van der Waals surface area contributed by atoms with E-state index in [1.54, 1.807) is 6.21 Å². The molecule has 1 heterocycles. The topological polar surface area (TPSA) is 55.6 Å². The van der Waals surface area contributed by atoms with Crippen LogP contribution in [0.4, 0.5) is 0 Å². The van der Waals surface area contributed by atoms with Crippen LogP contribution in [0, 0.1) is 6.92 Å². The zero-order chi connectivity index (χ0) is 21.6. The number of carbonyl (C=O) groups excluding carboxylic acids is 1. The van der Waals surface area contributed by atoms with Gasteiger partial charge in [0.1, 0.15) is 5.75 Å². The minimum Gasteiger partial charge on any atom is -0.483 e. The fourth-order valence-corrected chi connectivity index (χ4v) is 3.97. The quantitative estimate of drug-likeness (QED) is 0.291. The van der Waals surface area contributed by atoms with E-state index < -0.39 is 0 Å². The molecular formula is C25H22BrN3O2. The number of carbonyl (C=O) groups is 1. The highest BCUT2D eigenvalue weighted by molar-refractivity contribution is 9.10. The van der Waals surface area contributed by atoms with Gasteiger partial charge in [-0.1, -0.05) is 54.6 Å². The number of amides is 1. The maximum absolute atomic E-state index is 12.1. The summed E-state index contributed by atoms with van der Waals surface area (Å²) in [4.78, 5) is 12.1. The first-order valence-corrected chi connectivity index (χ1v) is 10.7. The Kier molecular flexibility index (Phi) is 6.48. The van der Waals surface area contributed by atoms with Gasteiger partial charge in [0.25, 0.3) is 5.91 Å². The van der Waals surface area contributed by atoms with Gasteiger partial charge in [0.2, 0.25) is 0 Å². The lowest BCUT2D eigenvalue weighted by Crippen LogP contribution is -2.24. The molecule has 1 aromatic heterocycles. The zero-order valence-electron chi connectivity index (χ0n) is 17.1. The predicted octanol–water partition coefficient (Wildman–Crippen LogP) is 5.29. The van der Waals surface area contributed by atoms with Gasteiger partial charge in [-0.2, -0.15) is 5.10 Å². The number of ether oxygens (including phenoxy) is 1. The molecule has 0 saturated heterocycles. The highest BCUT2D eigenvalue weighted by Crippen LogP contribution is 2.25. The van der Waals surface area contributed by atoms with E-state index >= 15 is 0 Å². The third-order valence-corrected chi connectivity index (χ3v) is 5.47. The summed E-state index contributed by atoms with van der Waals surface area (Å²) in [5, 5.41) is 5.21. The zero-order valence-corrected chi connectivity index (χ0v) is 18.7. The Morgan fingerprint density at radius 3 is 2.68 bits per heavy atom. The van der Waals surface area contributed by atoms with E-state index in [2.05, 4.69) is 55.3 Å². The van der Waals surface area contributed by atoms with Crippen LogP contribution in [0.15, 0.2) is 88.6 Å². The highest BCUT2D eigenvalue weighted by atomic mass is 79.9. The van der Waals surface area contributed by atoms with Crippen LogP contribution in [-0.2, 0) is 11.3 Å². The van der Waals surface area contributed by atoms with Crippen molar-refractivity contribution in [3.63, 3.8) is 0 Å². The molecule has 5 nitrogen and oxygen atoms in total. The van der Waals surface area contributed by atoms with Crippen LogP contribution in [-0.4, -0.2) is 23.3 Å². The number of nitrogens with one attached hydrogen (secondary N) is 1. The fourth-order valence-electron chi connectivity index (χ4n) is 3.36. The maximum atomic E-state index is 12.1. The number of para-hydroxylation sites is 1. The number of aryl methyl sites for hydroxylation is 1. The minimum atomic E-state index is -0.322. The van der Waals surface area contributed by atoms with Crippen molar-refractivity contribution < 1.29 is 9.53 Å². The standard InChI is InChI=1S/C25H22BrN3O2/c1-18-11-12-24(22(26)13-18)31-17-25(30)28-27-14-20-16-29(15-19-7-3-2-4-8-19)23-10-6-5-9-21(20)23/h2-14,16H,15,17H2,1H3,(H,28,30)/b27-14+. The highest BCUT2D eigenvalue weighted by Gasteiger charge is 2.08. The Morgan fingerprint density at radius 2 is 1.87 bits per heavy atom. The predicted molar refractivity (Wildman–Crippen MR) is 128 cm³/mol. The van der Waals surface area contributed by atoms with Gasteiger partial charge in [-0.15, -0.1) is 0 Å². The Morgan fingerprint density at radius 1 is 1.10 bits per heavy atom. The van der Waals surface area contributed by atoms with Gasteiger partial charge in [-0.25, -0.2) is 5.43 Å². The Hall–Kier alpha value is -3.38. The molecule has 0 aliphatic heterocycles. The number of hydrogen-bond acceptors (Lipinski definition) is 3. The Labute approximate surface area is 189 Å². The van der Waals surface area contributed by atoms with Crippen molar-refractivity contribution in [1.82, 2.24) is 9.99 Å². The van der Waals surface area contributed by atoms with Crippen LogP contribution in [0.5, 0.6) is 5.75 Å². The molecule has 0 aliphatic rings. The number of hydrazone groups is 1. The Bertz CT molecular complexity index is 1230.